The van der Waals surface area contributed by atoms with Gasteiger partial charge in [-0.15, -0.1) is 0 Å². The van der Waals surface area contributed by atoms with Crippen LogP contribution in [0.15, 0.2) is 18.2 Å². The molecule has 3 atom stereocenters. The molecule has 3 aliphatic rings. The Labute approximate surface area is 159 Å². The molecule has 1 N–H and O–H groups in total. The summed E-state index contributed by atoms with van der Waals surface area (Å²) in [5.74, 6) is 1.08. The number of rotatable bonds is 6. The zero-order valence-corrected chi connectivity index (χ0v) is 15.9. The number of hydrogen-bond acceptors (Lipinski definition) is 5. The van der Waals surface area contributed by atoms with Gasteiger partial charge in [0, 0.05) is 38.3 Å². The van der Waals surface area contributed by atoms with E-state index in [4.69, 9.17) is 9.47 Å². The second-order valence-corrected chi connectivity index (χ2v) is 7.59. The fourth-order valence-corrected chi connectivity index (χ4v) is 4.60. The number of carbonyl (C=O) groups excluding carboxylic acids is 2. The van der Waals surface area contributed by atoms with Crippen molar-refractivity contribution < 1.29 is 19.1 Å². The highest BCUT2D eigenvalue weighted by Gasteiger charge is 2.51. The fraction of sp³-hybridized carbons (Fsp3) is 0.600. The first kappa shape index (κ1) is 18.3. The normalized spacial score (nSPS) is 27.1. The molecule has 0 unspecified atom stereocenters. The van der Waals surface area contributed by atoms with E-state index in [2.05, 4.69) is 11.4 Å². The predicted octanol–water partition coefficient (Wildman–Crippen LogP) is 0.905. The van der Waals surface area contributed by atoms with Crippen LogP contribution in [-0.4, -0.2) is 67.0 Å². The van der Waals surface area contributed by atoms with Gasteiger partial charge in [-0.05, 0) is 37.0 Å². The Morgan fingerprint density at radius 3 is 2.74 bits per heavy atom. The molecule has 1 aromatic carbocycles. The van der Waals surface area contributed by atoms with E-state index >= 15 is 0 Å². The number of nitrogens with one attached hydrogen (secondary N) is 1. The third-order valence-electron chi connectivity index (χ3n) is 5.93. The molecule has 146 valence electrons. The van der Waals surface area contributed by atoms with Crippen molar-refractivity contribution in [3.8, 4) is 5.75 Å². The molecule has 3 saturated heterocycles. The summed E-state index contributed by atoms with van der Waals surface area (Å²) in [4.78, 5) is 29.0. The zero-order valence-electron chi connectivity index (χ0n) is 15.9. The van der Waals surface area contributed by atoms with Crippen molar-refractivity contribution >= 4 is 11.8 Å². The number of carbonyl (C=O) groups is 2. The lowest BCUT2D eigenvalue weighted by molar-refractivity contribution is -0.156. The molecule has 0 aliphatic carbocycles. The second-order valence-electron chi connectivity index (χ2n) is 7.59. The number of nitrogens with zero attached hydrogens (tertiary/aromatic N) is 2. The Balaban J connectivity index is 1.40. The molecule has 3 aliphatic heterocycles. The lowest BCUT2D eigenvalue weighted by atomic mass is 10.1. The van der Waals surface area contributed by atoms with Gasteiger partial charge in [-0.1, -0.05) is 6.07 Å². The van der Waals surface area contributed by atoms with Crippen molar-refractivity contribution in [3.63, 3.8) is 0 Å². The molecule has 0 radical (unpaired) electrons. The molecule has 3 fully saturated rings. The number of fused-ring (bicyclic) bond motifs is 2. The summed E-state index contributed by atoms with van der Waals surface area (Å²) >= 11 is 0. The number of hydrogen-bond donors (Lipinski definition) is 1. The number of piperazine rings is 1. The third-order valence-corrected chi connectivity index (χ3v) is 5.93. The van der Waals surface area contributed by atoms with E-state index in [-0.39, 0.29) is 29.9 Å². The SMILES string of the molecule is COCc1cc(CN[C@H]2C[C@H]3C(=O)N4CCC[C@@H]4C(=O)N3C2)ccc1OC. The maximum atomic E-state index is 12.7. The first-order valence-electron chi connectivity index (χ1n) is 9.61. The zero-order chi connectivity index (χ0) is 19.0. The minimum absolute atomic E-state index is 0.133. The second kappa shape index (κ2) is 7.48. The van der Waals surface area contributed by atoms with Crippen molar-refractivity contribution in [2.75, 3.05) is 27.3 Å². The van der Waals surface area contributed by atoms with E-state index in [9.17, 15) is 9.59 Å². The van der Waals surface area contributed by atoms with Crippen LogP contribution < -0.4 is 10.1 Å². The summed E-state index contributed by atoms with van der Waals surface area (Å²) in [6.07, 6.45) is 2.43. The van der Waals surface area contributed by atoms with Crippen molar-refractivity contribution in [2.45, 2.75) is 50.5 Å². The van der Waals surface area contributed by atoms with Crippen LogP contribution in [-0.2, 0) is 27.5 Å². The minimum Gasteiger partial charge on any atom is -0.496 e. The average Bonchev–Trinajstić information content (AvgIpc) is 3.33. The highest BCUT2D eigenvalue weighted by molar-refractivity contribution is 5.98. The van der Waals surface area contributed by atoms with E-state index in [1.807, 2.05) is 12.1 Å². The highest BCUT2D eigenvalue weighted by Crippen LogP contribution is 2.32. The minimum atomic E-state index is -0.288. The van der Waals surface area contributed by atoms with Crippen LogP contribution >= 0.6 is 0 Å². The van der Waals surface area contributed by atoms with Crippen molar-refractivity contribution in [1.29, 1.82) is 0 Å². The molecule has 27 heavy (non-hydrogen) atoms. The van der Waals surface area contributed by atoms with Gasteiger partial charge in [0.2, 0.25) is 11.8 Å². The predicted molar refractivity (Wildman–Crippen MR) is 99.2 cm³/mol. The molecule has 4 rings (SSSR count). The molecule has 0 spiro atoms. The Bertz CT molecular complexity index is 708. The molecule has 1 aromatic rings. The molecular weight excluding hydrogens is 346 g/mol. The van der Waals surface area contributed by atoms with Crippen LogP contribution in [0.25, 0.3) is 0 Å². The topological polar surface area (TPSA) is 71.1 Å². The van der Waals surface area contributed by atoms with Gasteiger partial charge in [-0.3, -0.25) is 9.59 Å². The average molecular weight is 373 g/mol. The van der Waals surface area contributed by atoms with Crippen LogP contribution in [0, 0.1) is 0 Å². The molecule has 7 nitrogen and oxygen atoms in total. The van der Waals surface area contributed by atoms with Gasteiger partial charge in [0.05, 0.1) is 13.7 Å². The molecule has 3 heterocycles. The van der Waals surface area contributed by atoms with Gasteiger partial charge in [0.15, 0.2) is 0 Å². The van der Waals surface area contributed by atoms with E-state index in [1.54, 1.807) is 24.0 Å². The van der Waals surface area contributed by atoms with Gasteiger partial charge in [0.25, 0.3) is 0 Å². The van der Waals surface area contributed by atoms with Gasteiger partial charge >= 0.3 is 0 Å². The van der Waals surface area contributed by atoms with Gasteiger partial charge in [0.1, 0.15) is 17.8 Å². The first-order valence-corrected chi connectivity index (χ1v) is 9.61. The highest BCUT2D eigenvalue weighted by atomic mass is 16.5. The summed E-state index contributed by atoms with van der Waals surface area (Å²) < 4.78 is 10.6. The maximum Gasteiger partial charge on any atom is 0.246 e. The Hall–Kier alpha value is -2.12. The van der Waals surface area contributed by atoms with Crippen molar-refractivity contribution in [3.05, 3.63) is 29.3 Å². The van der Waals surface area contributed by atoms with Crippen LogP contribution in [0.3, 0.4) is 0 Å². The summed E-state index contributed by atoms with van der Waals surface area (Å²) in [6.45, 7) is 2.52. The summed E-state index contributed by atoms with van der Waals surface area (Å²) in [5, 5.41) is 3.52. The number of benzene rings is 1. The van der Waals surface area contributed by atoms with Gasteiger partial charge in [-0.25, -0.2) is 0 Å². The monoisotopic (exact) mass is 373 g/mol. The van der Waals surface area contributed by atoms with Gasteiger partial charge in [-0.2, -0.15) is 0 Å². The molecule has 0 saturated carbocycles. The Morgan fingerprint density at radius 2 is 1.96 bits per heavy atom. The summed E-state index contributed by atoms with van der Waals surface area (Å²) in [6, 6.07) is 5.68. The van der Waals surface area contributed by atoms with Gasteiger partial charge < -0.3 is 24.6 Å². The van der Waals surface area contributed by atoms with E-state index < -0.39 is 0 Å². The van der Waals surface area contributed by atoms with E-state index in [1.165, 1.54) is 0 Å². The summed E-state index contributed by atoms with van der Waals surface area (Å²) in [7, 11) is 3.32. The molecular formula is C20H27N3O4. The molecule has 7 heteroatoms. The Kier molecular flexibility index (Phi) is 5.06. The van der Waals surface area contributed by atoms with Crippen LogP contribution in [0.4, 0.5) is 0 Å². The van der Waals surface area contributed by atoms with Crippen LogP contribution in [0.5, 0.6) is 5.75 Å². The van der Waals surface area contributed by atoms with Crippen molar-refractivity contribution in [2.24, 2.45) is 0 Å². The standard InChI is InChI=1S/C20H27N3O4/c1-26-12-14-8-13(5-6-18(14)27-2)10-21-15-9-17-20(25)22-7-3-4-16(22)19(24)23(17)11-15/h5-6,8,15-17,21H,3-4,7,9-12H2,1-2H3/t15-,16+,17-/m0/s1. The Morgan fingerprint density at radius 1 is 1.15 bits per heavy atom. The van der Waals surface area contributed by atoms with Crippen molar-refractivity contribution in [1.82, 2.24) is 15.1 Å². The number of methoxy groups -OCH3 is 2. The fourth-order valence-electron chi connectivity index (χ4n) is 4.60. The maximum absolute atomic E-state index is 12.7. The smallest absolute Gasteiger partial charge is 0.246 e. The molecule has 2 amide bonds. The molecule has 0 bridgehead atoms. The van der Waals surface area contributed by atoms with Crippen LogP contribution in [0.1, 0.15) is 30.4 Å². The van der Waals surface area contributed by atoms with Crippen LogP contribution in [0.2, 0.25) is 0 Å². The number of amides is 2. The van der Waals surface area contributed by atoms with E-state index in [0.29, 0.717) is 26.1 Å². The lowest BCUT2D eigenvalue weighted by Gasteiger charge is -2.38. The first-order chi connectivity index (χ1) is 13.1. The third kappa shape index (κ3) is 3.30. The quantitative estimate of drug-likeness (QED) is 0.802. The molecule has 0 aromatic heterocycles. The van der Waals surface area contributed by atoms with E-state index in [0.717, 1.165) is 36.3 Å². The largest absolute Gasteiger partial charge is 0.496 e. The summed E-state index contributed by atoms with van der Waals surface area (Å²) in [5.41, 5.74) is 2.14. The lowest BCUT2D eigenvalue weighted by Crippen LogP contribution is -2.60. The number of ether oxygens (including phenoxy) is 2.